The van der Waals surface area contributed by atoms with E-state index in [1.165, 1.54) is 5.56 Å². The molecule has 0 saturated carbocycles. The Kier molecular flexibility index (Phi) is 6.29. The smallest absolute Gasteiger partial charge is 0.195 e. The van der Waals surface area contributed by atoms with Crippen LogP contribution in [0, 0.1) is 4.77 Å². The molecule has 0 amide bonds. The molecular weight excluding hydrogens is 290 g/mol. The Morgan fingerprint density at radius 1 is 1.30 bits per heavy atom. The van der Waals surface area contributed by atoms with E-state index in [2.05, 4.69) is 39.0 Å². The van der Waals surface area contributed by atoms with Crippen LogP contribution in [-0.2, 0) is 22.8 Å². The van der Waals surface area contributed by atoms with Crippen molar-refractivity contribution in [1.82, 2.24) is 14.8 Å². The minimum Gasteiger partial charge on any atom is -0.385 e. The zero-order chi connectivity index (χ0) is 14.2. The lowest BCUT2D eigenvalue weighted by molar-refractivity contribution is 0.190. The van der Waals surface area contributed by atoms with Crippen LogP contribution >= 0.6 is 24.0 Å². The van der Waals surface area contributed by atoms with Gasteiger partial charge in [-0.05, 0) is 24.2 Å². The molecule has 2 aromatic rings. The van der Waals surface area contributed by atoms with Gasteiger partial charge in [0.1, 0.15) is 5.82 Å². The first-order chi connectivity index (χ1) is 9.81. The quantitative estimate of drug-likeness (QED) is 0.599. The second-order valence-corrected chi connectivity index (χ2v) is 5.79. The molecule has 1 aromatic heterocycles. The Balaban J connectivity index is 1.88. The highest BCUT2D eigenvalue weighted by molar-refractivity contribution is 7.97. The van der Waals surface area contributed by atoms with Gasteiger partial charge in [0.15, 0.2) is 4.77 Å². The number of hydrogen-bond donors (Lipinski definition) is 1. The van der Waals surface area contributed by atoms with E-state index in [1.807, 2.05) is 17.8 Å². The lowest BCUT2D eigenvalue weighted by atomic mass is 10.2. The van der Waals surface area contributed by atoms with Crippen LogP contribution in [0.25, 0.3) is 0 Å². The lowest BCUT2D eigenvalue weighted by Gasteiger charge is -2.06. The number of nitrogens with zero attached hydrogens (tertiary/aromatic N) is 2. The monoisotopic (exact) mass is 309 g/mol. The van der Waals surface area contributed by atoms with Gasteiger partial charge in [-0.25, -0.2) is 0 Å². The van der Waals surface area contributed by atoms with Gasteiger partial charge in [-0.15, -0.1) is 11.8 Å². The van der Waals surface area contributed by atoms with Crippen molar-refractivity contribution in [2.24, 2.45) is 0 Å². The molecule has 0 radical (unpaired) electrons. The number of hydrogen-bond acceptors (Lipinski definition) is 4. The first-order valence-electron chi connectivity index (χ1n) is 6.56. The molecule has 2 rings (SSSR count). The van der Waals surface area contributed by atoms with E-state index in [9.17, 15) is 0 Å². The summed E-state index contributed by atoms with van der Waals surface area (Å²) in [6.07, 6.45) is 0.945. The number of nitrogens with one attached hydrogen (secondary N) is 1. The Morgan fingerprint density at radius 2 is 2.10 bits per heavy atom. The molecule has 0 aliphatic heterocycles. The lowest BCUT2D eigenvalue weighted by Crippen LogP contribution is -2.05. The van der Waals surface area contributed by atoms with Gasteiger partial charge < -0.3 is 9.30 Å². The second-order valence-electron chi connectivity index (χ2n) is 4.42. The standard InChI is InChI=1S/C14H19N3OS2/c1-18-9-5-8-17-13(15-16-14(17)19)11-20-10-12-6-3-2-4-7-12/h2-4,6-7H,5,8-11H2,1H3,(H,16,19). The molecule has 0 saturated heterocycles. The van der Waals surface area contributed by atoms with Crippen LogP contribution < -0.4 is 0 Å². The van der Waals surface area contributed by atoms with Gasteiger partial charge in [-0.2, -0.15) is 5.10 Å². The third-order valence-corrected chi connectivity index (χ3v) is 4.22. The number of ether oxygens (including phenoxy) is 1. The zero-order valence-corrected chi connectivity index (χ0v) is 13.2. The third-order valence-electron chi connectivity index (χ3n) is 2.91. The average molecular weight is 309 g/mol. The Bertz CT molecular complexity index is 565. The SMILES string of the molecule is COCCCn1c(CSCc2ccccc2)n[nH]c1=S. The molecule has 20 heavy (non-hydrogen) atoms. The highest BCUT2D eigenvalue weighted by Crippen LogP contribution is 2.16. The fourth-order valence-corrected chi connectivity index (χ4v) is 3.07. The van der Waals surface area contributed by atoms with Crippen LogP contribution in [0.4, 0.5) is 0 Å². The van der Waals surface area contributed by atoms with Gasteiger partial charge in [0.25, 0.3) is 0 Å². The molecule has 0 bridgehead atoms. The number of rotatable bonds is 8. The Hall–Kier alpha value is -1.11. The van der Waals surface area contributed by atoms with Crippen LogP contribution in [0.5, 0.6) is 0 Å². The molecule has 0 aliphatic rings. The molecule has 0 atom stereocenters. The predicted octanol–water partition coefficient (Wildman–Crippen LogP) is 3.41. The molecule has 1 aromatic carbocycles. The molecule has 1 N–H and O–H groups in total. The number of H-pyrrole nitrogens is 1. The number of benzene rings is 1. The van der Waals surface area contributed by atoms with E-state index < -0.39 is 0 Å². The summed E-state index contributed by atoms with van der Waals surface area (Å²) >= 11 is 7.11. The second kappa shape index (κ2) is 8.24. The van der Waals surface area contributed by atoms with Crippen LogP contribution in [0.3, 0.4) is 0 Å². The summed E-state index contributed by atoms with van der Waals surface area (Å²) in [6, 6.07) is 10.5. The van der Waals surface area contributed by atoms with Crippen molar-refractivity contribution in [1.29, 1.82) is 0 Å². The van der Waals surface area contributed by atoms with E-state index in [-0.39, 0.29) is 0 Å². The van der Waals surface area contributed by atoms with Gasteiger partial charge >= 0.3 is 0 Å². The number of methoxy groups -OCH3 is 1. The van der Waals surface area contributed by atoms with Crippen molar-refractivity contribution in [2.75, 3.05) is 13.7 Å². The minimum atomic E-state index is 0.691. The van der Waals surface area contributed by atoms with Gasteiger partial charge in [0, 0.05) is 26.0 Å². The van der Waals surface area contributed by atoms with Crippen molar-refractivity contribution >= 4 is 24.0 Å². The molecule has 0 fully saturated rings. The van der Waals surface area contributed by atoms with Crippen LogP contribution in [0.1, 0.15) is 17.8 Å². The van der Waals surface area contributed by atoms with Gasteiger partial charge in [-0.3, -0.25) is 5.10 Å². The zero-order valence-electron chi connectivity index (χ0n) is 11.5. The van der Waals surface area contributed by atoms with Crippen LogP contribution in [0.15, 0.2) is 30.3 Å². The first-order valence-corrected chi connectivity index (χ1v) is 8.12. The molecule has 4 nitrogen and oxygen atoms in total. The average Bonchev–Trinajstić information content (AvgIpc) is 2.82. The summed E-state index contributed by atoms with van der Waals surface area (Å²) in [7, 11) is 1.71. The maximum atomic E-state index is 5.26. The number of thioether (sulfide) groups is 1. The largest absolute Gasteiger partial charge is 0.385 e. The third kappa shape index (κ3) is 4.47. The topological polar surface area (TPSA) is 42.8 Å². The highest BCUT2D eigenvalue weighted by Gasteiger charge is 2.06. The minimum absolute atomic E-state index is 0.691. The molecule has 1 heterocycles. The van der Waals surface area contributed by atoms with Crippen molar-refractivity contribution in [3.8, 4) is 0 Å². The maximum absolute atomic E-state index is 5.26. The van der Waals surface area contributed by atoms with E-state index in [0.717, 1.165) is 36.9 Å². The van der Waals surface area contributed by atoms with E-state index in [0.29, 0.717) is 4.77 Å². The fraction of sp³-hybridized carbons (Fsp3) is 0.429. The van der Waals surface area contributed by atoms with E-state index in [1.54, 1.807) is 7.11 Å². The van der Waals surface area contributed by atoms with E-state index in [4.69, 9.17) is 17.0 Å². The van der Waals surface area contributed by atoms with E-state index >= 15 is 0 Å². The summed E-state index contributed by atoms with van der Waals surface area (Å²) in [5.41, 5.74) is 1.33. The Morgan fingerprint density at radius 3 is 2.85 bits per heavy atom. The van der Waals surface area contributed by atoms with Gasteiger partial charge in [0.05, 0.1) is 5.75 Å². The molecule has 6 heteroatoms. The molecule has 0 spiro atoms. The highest BCUT2D eigenvalue weighted by atomic mass is 32.2. The molecular formula is C14H19N3OS2. The number of aromatic nitrogens is 3. The van der Waals surface area contributed by atoms with Crippen LogP contribution in [0.2, 0.25) is 0 Å². The molecule has 0 aliphatic carbocycles. The number of aromatic amines is 1. The van der Waals surface area contributed by atoms with Crippen molar-refractivity contribution in [3.05, 3.63) is 46.5 Å². The molecule has 108 valence electrons. The summed E-state index contributed by atoms with van der Waals surface area (Å²) in [4.78, 5) is 0. The Labute approximate surface area is 128 Å². The summed E-state index contributed by atoms with van der Waals surface area (Å²) in [5, 5.41) is 7.18. The van der Waals surface area contributed by atoms with Gasteiger partial charge in [-0.1, -0.05) is 30.3 Å². The first kappa shape index (κ1) is 15.3. The van der Waals surface area contributed by atoms with Crippen molar-refractivity contribution in [2.45, 2.75) is 24.5 Å². The van der Waals surface area contributed by atoms with Gasteiger partial charge in [0.2, 0.25) is 0 Å². The van der Waals surface area contributed by atoms with Crippen molar-refractivity contribution < 1.29 is 4.74 Å². The summed E-state index contributed by atoms with van der Waals surface area (Å²) in [6.45, 7) is 1.59. The summed E-state index contributed by atoms with van der Waals surface area (Å²) < 4.78 is 7.83. The summed E-state index contributed by atoms with van der Waals surface area (Å²) in [5.74, 6) is 2.85. The van der Waals surface area contributed by atoms with Crippen LogP contribution in [-0.4, -0.2) is 28.5 Å². The normalized spacial score (nSPS) is 10.8. The maximum Gasteiger partial charge on any atom is 0.195 e. The predicted molar refractivity (Wildman–Crippen MR) is 85.3 cm³/mol. The van der Waals surface area contributed by atoms with Crippen molar-refractivity contribution in [3.63, 3.8) is 0 Å². The molecule has 0 unspecified atom stereocenters. The fourth-order valence-electron chi connectivity index (χ4n) is 1.89.